The SMILES string of the molecule is Cc1cccc(C)c1/C(=N\[Si](C)(C)C)[Si-](/C(=N/[Si](C)(C)C)c1c(C)cccc1C)[Si](C)(C)C.Cc1cccc(C)c1C#N.[Rb+].c1ccccc1. The van der Waals surface area contributed by atoms with E-state index in [-0.39, 0.29) is 58.2 Å². The zero-order valence-corrected chi connectivity index (χ0v) is 42.9. The van der Waals surface area contributed by atoms with E-state index in [4.69, 9.17) is 14.6 Å². The van der Waals surface area contributed by atoms with Crippen molar-refractivity contribution in [1.82, 2.24) is 0 Å². The molecular weight excluding hydrogens is 744 g/mol. The van der Waals surface area contributed by atoms with Gasteiger partial charge in [0.25, 0.3) is 0 Å². The Morgan fingerprint density at radius 2 is 0.740 bits per heavy atom. The molecule has 3 nitrogen and oxygen atoms in total. The van der Waals surface area contributed by atoms with Crippen molar-refractivity contribution >= 4 is 43.0 Å². The molecule has 0 spiro atoms. The molecule has 4 aromatic rings. The summed E-state index contributed by atoms with van der Waals surface area (Å²) in [7, 11) is -6.33. The summed E-state index contributed by atoms with van der Waals surface area (Å²) in [6, 6.07) is 33.5. The van der Waals surface area contributed by atoms with Crippen LogP contribution in [-0.2, 0) is 0 Å². The molecule has 4 rings (SSSR count). The summed E-state index contributed by atoms with van der Waals surface area (Å²) >= 11 is 0. The Morgan fingerprint density at radius 3 is 0.940 bits per heavy atom. The van der Waals surface area contributed by atoms with E-state index in [9.17, 15) is 0 Å². The van der Waals surface area contributed by atoms with Crippen LogP contribution in [0.2, 0.25) is 58.9 Å². The van der Waals surface area contributed by atoms with E-state index in [0.717, 1.165) is 16.7 Å². The Labute approximate surface area is 359 Å². The maximum atomic E-state index is 8.65. The van der Waals surface area contributed by atoms with Crippen LogP contribution >= 0.6 is 0 Å². The van der Waals surface area contributed by atoms with Crippen LogP contribution in [0, 0.1) is 52.9 Å². The van der Waals surface area contributed by atoms with Gasteiger partial charge in [0.1, 0.15) is 0 Å². The average molecular weight is 805 g/mol. The first kappa shape index (κ1) is 46.4. The van der Waals surface area contributed by atoms with E-state index < -0.39 is 32.4 Å². The number of hydrogen-bond donors (Lipinski definition) is 0. The molecule has 0 amide bonds. The number of benzene rings is 4. The van der Waals surface area contributed by atoms with Gasteiger partial charge in [-0.25, -0.2) is 8.31 Å². The third kappa shape index (κ3) is 14.8. The summed E-state index contributed by atoms with van der Waals surface area (Å²) < 4.78 is 11.3. The Hall–Kier alpha value is -1.62. The average Bonchev–Trinajstić information content (AvgIpc) is 2.96. The summed E-state index contributed by atoms with van der Waals surface area (Å²) in [5.41, 5.74) is 11.1. The number of nitrogens with zero attached hydrogens (tertiary/aromatic N) is 3. The molecule has 50 heavy (non-hydrogen) atoms. The summed E-state index contributed by atoms with van der Waals surface area (Å²) in [5, 5.41) is 11.4. The first-order valence-electron chi connectivity index (χ1n) is 17.4. The molecule has 0 unspecified atom stereocenters. The van der Waals surface area contributed by atoms with Gasteiger partial charge < -0.3 is 9.32 Å². The van der Waals surface area contributed by atoms with Crippen molar-refractivity contribution in [2.45, 2.75) is 100 Å². The zero-order chi connectivity index (χ0) is 37.2. The Balaban J connectivity index is 0.000000597. The smallest absolute Gasteiger partial charge is 0.361 e. The minimum Gasteiger partial charge on any atom is -0.361 e. The number of hydrogen-bond acceptors (Lipinski definition) is 3. The van der Waals surface area contributed by atoms with Gasteiger partial charge in [0.05, 0.1) is 11.6 Å². The van der Waals surface area contributed by atoms with Crippen LogP contribution in [0.1, 0.15) is 50.1 Å². The van der Waals surface area contributed by atoms with E-state index in [2.05, 4.69) is 129 Å². The van der Waals surface area contributed by atoms with Gasteiger partial charge in [-0.1, -0.05) is 158 Å². The fourth-order valence-electron chi connectivity index (χ4n) is 5.72. The van der Waals surface area contributed by atoms with Crippen molar-refractivity contribution in [2.75, 3.05) is 0 Å². The topological polar surface area (TPSA) is 48.5 Å². The molecular formula is C42H60N3RbSi4. The van der Waals surface area contributed by atoms with Gasteiger partial charge in [0, 0.05) is 0 Å². The molecule has 0 saturated heterocycles. The van der Waals surface area contributed by atoms with Crippen LogP contribution in [0.5, 0.6) is 0 Å². The molecule has 0 aromatic heterocycles. The summed E-state index contributed by atoms with van der Waals surface area (Å²) in [6.07, 6.45) is 0. The molecule has 260 valence electrons. The Kier molecular flexibility index (Phi) is 19.1. The van der Waals surface area contributed by atoms with Gasteiger partial charge in [0.15, 0.2) is 16.5 Å². The maximum Gasteiger partial charge on any atom is 1.00 e. The maximum absolute atomic E-state index is 8.65. The van der Waals surface area contributed by atoms with E-state index in [1.54, 1.807) is 0 Å². The van der Waals surface area contributed by atoms with E-state index >= 15 is 0 Å². The minimum absolute atomic E-state index is 0. The van der Waals surface area contributed by atoms with Crippen LogP contribution in [0.3, 0.4) is 0 Å². The predicted octanol–water partition coefficient (Wildman–Crippen LogP) is 8.72. The van der Waals surface area contributed by atoms with E-state index in [1.807, 2.05) is 68.4 Å². The van der Waals surface area contributed by atoms with Gasteiger partial charge in [0.2, 0.25) is 0 Å². The molecule has 0 aliphatic carbocycles. The van der Waals surface area contributed by atoms with Crippen molar-refractivity contribution in [2.24, 2.45) is 9.32 Å². The first-order valence-corrected chi connectivity index (χ1v) is 30.2. The van der Waals surface area contributed by atoms with Crippen LogP contribution in [-0.4, -0.2) is 43.0 Å². The second kappa shape index (κ2) is 20.6. The van der Waals surface area contributed by atoms with Gasteiger partial charge >= 0.3 is 58.2 Å². The van der Waals surface area contributed by atoms with Crippen LogP contribution in [0.4, 0.5) is 0 Å². The second-order valence-corrected chi connectivity index (χ2v) is 37.3. The van der Waals surface area contributed by atoms with Gasteiger partial charge in [-0.2, -0.15) is 5.26 Å². The van der Waals surface area contributed by atoms with Gasteiger partial charge in [-0.15, -0.1) is 10.7 Å². The second-order valence-electron chi connectivity index (χ2n) is 16.0. The molecule has 0 heterocycles. The normalized spacial score (nSPS) is 12.0. The largest absolute Gasteiger partial charge is 1.00 e. The van der Waals surface area contributed by atoms with Gasteiger partial charge in [-0.05, 0) is 86.1 Å². The summed E-state index contributed by atoms with van der Waals surface area (Å²) in [5.74, 6) is 0. The molecule has 0 N–H and O–H groups in total. The zero-order valence-electron chi connectivity index (χ0n) is 34.0. The van der Waals surface area contributed by atoms with Crippen LogP contribution in [0.15, 0.2) is 100 Å². The predicted molar refractivity (Wildman–Crippen MR) is 228 cm³/mol. The third-order valence-corrected chi connectivity index (χ3v) is 19.1. The first-order chi connectivity index (χ1) is 22.7. The number of nitriles is 1. The molecule has 0 aliphatic rings. The van der Waals surface area contributed by atoms with Crippen molar-refractivity contribution in [3.63, 3.8) is 0 Å². The molecule has 8 heteroatoms. The molecule has 0 fully saturated rings. The number of aryl methyl sites for hydroxylation is 6. The third-order valence-electron chi connectivity index (χ3n) is 7.81. The molecule has 0 bridgehead atoms. The quantitative estimate of drug-likeness (QED) is 0.136. The molecule has 0 saturated carbocycles. The molecule has 0 atom stereocenters. The fraction of sp³-hybridized carbons (Fsp3) is 0.357. The van der Waals surface area contributed by atoms with E-state index in [0.29, 0.717) is 0 Å². The molecule has 0 aliphatic heterocycles. The van der Waals surface area contributed by atoms with Crippen molar-refractivity contribution < 1.29 is 58.2 Å². The van der Waals surface area contributed by atoms with Crippen molar-refractivity contribution in [3.05, 3.63) is 141 Å². The molecule has 4 aromatic carbocycles. The minimum atomic E-state index is -1.73. The summed E-state index contributed by atoms with van der Waals surface area (Å²) in [4.78, 5) is 0. The Morgan fingerprint density at radius 1 is 0.480 bits per heavy atom. The number of rotatable bonds is 7. The van der Waals surface area contributed by atoms with Crippen molar-refractivity contribution in [3.8, 4) is 6.07 Å². The van der Waals surface area contributed by atoms with Crippen LogP contribution < -0.4 is 58.2 Å². The monoisotopic (exact) mass is 803 g/mol. The fourth-order valence-corrected chi connectivity index (χ4v) is 19.1. The molecule has 0 radical (unpaired) electrons. The van der Waals surface area contributed by atoms with E-state index in [1.165, 1.54) is 44.1 Å². The standard InChI is InChI=1S/C27H45N2Si4.C9H9N.C6H6.Rb/c1-20-16-14-17-21(2)24(20)26(28-31(5,6)7)30(33(11,12)13)27(29-32(8,9)10)25-22(3)18-15-19-23(25)4;1-7-4-3-5-8(2)9(7)6-10;1-2-4-6-5-3-1;/h14-19H,1-13H3;3-5H,1-2H3;1-6H;/q-1;;;+1/b28-26+,29-27+;;;. The van der Waals surface area contributed by atoms with Crippen LogP contribution in [0.25, 0.3) is 0 Å². The Bertz CT molecular complexity index is 1620. The van der Waals surface area contributed by atoms with Gasteiger partial charge in [-0.3, -0.25) is 0 Å². The van der Waals surface area contributed by atoms with Crippen molar-refractivity contribution in [1.29, 1.82) is 5.26 Å². The summed E-state index contributed by atoms with van der Waals surface area (Å²) in [6.45, 7) is 34.8.